The Morgan fingerprint density at radius 1 is 1.64 bits per heavy atom. The molecule has 0 aromatic carbocycles. The van der Waals surface area contributed by atoms with E-state index in [9.17, 15) is 9.59 Å². The van der Waals surface area contributed by atoms with Crippen molar-refractivity contribution in [2.75, 3.05) is 26.2 Å². The lowest BCUT2D eigenvalue weighted by Crippen LogP contribution is -2.51. The van der Waals surface area contributed by atoms with Crippen LogP contribution < -0.4 is 0 Å². The van der Waals surface area contributed by atoms with Gasteiger partial charge in [-0.3, -0.25) is 9.59 Å². The summed E-state index contributed by atoms with van der Waals surface area (Å²) in [7, 11) is 0. The normalized spacial score (nSPS) is 16.4. The molecule has 1 saturated heterocycles. The quantitative estimate of drug-likeness (QED) is 0.436. The van der Waals surface area contributed by atoms with Crippen molar-refractivity contribution >= 4 is 11.8 Å². The van der Waals surface area contributed by atoms with E-state index in [0.717, 1.165) is 0 Å². The molecule has 0 N–H and O–H groups in total. The summed E-state index contributed by atoms with van der Waals surface area (Å²) < 4.78 is 0. The van der Waals surface area contributed by atoms with E-state index in [1.807, 2.05) is 0 Å². The third-order valence-corrected chi connectivity index (χ3v) is 2.09. The summed E-state index contributed by atoms with van der Waals surface area (Å²) in [5.74, 6) is 2.09. The SMILES string of the molecule is C#CCN1CCN(C(=O)C=C)CC1=O. The van der Waals surface area contributed by atoms with Crippen molar-refractivity contribution in [3.8, 4) is 12.3 Å². The number of rotatable bonds is 2. The van der Waals surface area contributed by atoms with Crippen LogP contribution in [0, 0.1) is 12.3 Å². The van der Waals surface area contributed by atoms with E-state index < -0.39 is 0 Å². The first-order valence-corrected chi connectivity index (χ1v) is 4.31. The van der Waals surface area contributed by atoms with Crippen molar-refractivity contribution in [2.45, 2.75) is 0 Å². The summed E-state index contributed by atoms with van der Waals surface area (Å²) in [5.41, 5.74) is 0. The predicted octanol–water partition coefficient (Wildman–Crippen LogP) is -0.524. The van der Waals surface area contributed by atoms with Crippen LogP contribution >= 0.6 is 0 Å². The maximum absolute atomic E-state index is 11.4. The molecule has 0 spiro atoms. The number of amides is 2. The molecule has 14 heavy (non-hydrogen) atoms. The van der Waals surface area contributed by atoms with Crippen LogP contribution in [0.15, 0.2) is 12.7 Å². The molecule has 0 saturated carbocycles. The third kappa shape index (κ3) is 2.13. The fraction of sp³-hybridized carbons (Fsp3) is 0.400. The van der Waals surface area contributed by atoms with Gasteiger partial charge in [0.2, 0.25) is 11.8 Å². The van der Waals surface area contributed by atoms with Gasteiger partial charge in [0.25, 0.3) is 0 Å². The molecular weight excluding hydrogens is 180 g/mol. The van der Waals surface area contributed by atoms with E-state index in [1.165, 1.54) is 11.0 Å². The maximum Gasteiger partial charge on any atom is 0.246 e. The van der Waals surface area contributed by atoms with Gasteiger partial charge in [-0.05, 0) is 6.08 Å². The van der Waals surface area contributed by atoms with E-state index in [2.05, 4.69) is 12.5 Å². The highest BCUT2D eigenvalue weighted by Gasteiger charge is 2.24. The molecule has 0 unspecified atom stereocenters. The number of hydrogen-bond acceptors (Lipinski definition) is 2. The second-order valence-electron chi connectivity index (χ2n) is 2.98. The lowest BCUT2D eigenvalue weighted by atomic mass is 10.3. The second kappa shape index (κ2) is 4.47. The number of piperazine rings is 1. The average molecular weight is 192 g/mol. The largest absolute Gasteiger partial charge is 0.328 e. The maximum atomic E-state index is 11.4. The van der Waals surface area contributed by atoms with E-state index in [4.69, 9.17) is 6.42 Å². The van der Waals surface area contributed by atoms with Gasteiger partial charge in [0.15, 0.2) is 0 Å². The highest BCUT2D eigenvalue weighted by atomic mass is 16.2. The summed E-state index contributed by atoms with van der Waals surface area (Å²) in [6, 6.07) is 0. The summed E-state index contributed by atoms with van der Waals surface area (Å²) >= 11 is 0. The van der Waals surface area contributed by atoms with Crippen molar-refractivity contribution in [1.29, 1.82) is 0 Å². The Kier molecular flexibility index (Phi) is 3.29. The molecule has 1 aliphatic heterocycles. The minimum absolute atomic E-state index is 0.104. The molecule has 0 aliphatic carbocycles. The Hall–Kier alpha value is -1.76. The summed E-state index contributed by atoms with van der Waals surface area (Å²) in [5, 5.41) is 0. The fourth-order valence-electron chi connectivity index (χ4n) is 1.30. The zero-order chi connectivity index (χ0) is 10.6. The van der Waals surface area contributed by atoms with E-state index in [-0.39, 0.29) is 18.4 Å². The molecule has 0 radical (unpaired) electrons. The van der Waals surface area contributed by atoms with Crippen molar-refractivity contribution in [3.63, 3.8) is 0 Å². The molecule has 4 heteroatoms. The molecule has 74 valence electrons. The standard InChI is InChI=1S/C10H12N2O2/c1-3-5-11-6-7-12(8-10(11)14)9(13)4-2/h1,4H,2,5-8H2. The van der Waals surface area contributed by atoms with E-state index in [1.54, 1.807) is 4.90 Å². The summed E-state index contributed by atoms with van der Waals surface area (Å²) in [6.07, 6.45) is 6.31. The average Bonchev–Trinajstić information content (AvgIpc) is 2.20. The first-order valence-electron chi connectivity index (χ1n) is 4.31. The van der Waals surface area contributed by atoms with Crippen molar-refractivity contribution < 1.29 is 9.59 Å². The molecule has 1 aliphatic rings. The van der Waals surface area contributed by atoms with Crippen molar-refractivity contribution in [2.24, 2.45) is 0 Å². The Balaban J connectivity index is 2.55. The Morgan fingerprint density at radius 3 is 2.86 bits per heavy atom. The summed E-state index contributed by atoms with van der Waals surface area (Å²) in [4.78, 5) is 25.6. The van der Waals surface area contributed by atoms with Gasteiger partial charge >= 0.3 is 0 Å². The van der Waals surface area contributed by atoms with Crippen LogP contribution in [0.4, 0.5) is 0 Å². The summed E-state index contributed by atoms with van der Waals surface area (Å²) in [6.45, 7) is 4.81. The van der Waals surface area contributed by atoms with Gasteiger partial charge < -0.3 is 9.80 Å². The van der Waals surface area contributed by atoms with Gasteiger partial charge in [-0.15, -0.1) is 6.42 Å². The molecule has 1 heterocycles. The van der Waals surface area contributed by atoms with Gasteiger partial charge in [0, 0.05) is 13.1 Å². The van der Waals surface area contributed by atoms with Crippen LogP contribution in [0.25, 0.3) is 0 Å². The molecule has 1 fully saturated rings. The Labute approximate surface area is 83.2 Å². The smallest absolute Gasteiger partial charge is 0.246 e. The molecule has 0 atom stereocenters. The van der Waals surface area contributed by atoms with Gasteiger partial charge in [0.05, 0.1) is 6.54 Å². The first kappa shape index (κ1) is 10.3. The van der Waals surface area contributed by atoms with Gasteiger partial charge in [0.1, 0.15) is 6.54 Å². The monoisotopic (exact) mass is 192 g/mol. The highest BCUT2D eigenvalue weighted by molar-refractivity contribution is 5.91. The molecule has 1 rings (SSSR count). The number of carbonyl (C=O) groups excluding carboxylic acids is 2. The topological polar surface area (TPSA) is 40.6 Å². The molecular formula is C10H12N2O2. The van der Waals surface area contributed by atoms with Gasteiger partial charge in [-0.1, -0.05) is 12.5 Å². The minimum Gasteiger partial charge on any atom is -0.328 e. The number of carbonyl (C=O) groups is 2. The van der Waals surface area contributed by atoms with Gasteiger partial charge in [-0.2, -0.15) is 0 Å². The van der Waals surface area contributed by atoms with Crippen molar-refractivity contribution in [1.82, 2.24) is 9.80 Å². The molecule has 2 amide bonds. The third-order valence-electron chi connectivity index (χ3n) is 2.09. The lowest BCUT2D eigenvalue weighted by molar-refractivity contribution is -0.142. The van der Waals surface area contributed by atoms with Crippen LogP contribution in [0.2, 0.25) is 0 Å². The Bertz CT molecular complexity index is 304. The van der Waals surface area contributed by atoms with Crippen LogP contribution in [-0.4, -0.2) is 47.8 Å². The highest BCUT2D eigenvalue weighted by Crippen LogP contribution is 2.03. The predicted molar refractivity (Wildman–Crippen MR) is 52.2 cm³/mol. The lowest BCUT2D eigenvalue weighted by Gasteiger charge is -2.32. The van der Waals surface area contributed by atoms with Crippen LogP contribution in [-0.2, 0) is 9.59 Å². The number of nitrogens with zero attached hydrogens (tertiary/aromatic N) is 2. The fourth-order valence-corrected chi connectivity index (χ4v) is 1.30. The molecule has 0 aromatic heterocycles. The second-order valence-corrected chi connectivity index (χ2v) is 2.98. The van der Waals surface area contributed by atoms with E-state index >= 15 is 0 Å². The minimum atomic E-state index is -0.210. The van der Waals surface area contributed by atoms with Crippen LogP contribution in [0.5, 0.6) is 0 Å². The molecule has 0 aromatic rings. The zero-order valence-electron chi connectivity index (χ0n) is 7.90. The van der Waals surface area contributed by atoms with Crippen LogP contribution in [0.3, 0.4) is 0 Å². The Morgan fingerprint density at radius 2 is 2.36 bits per heavy atom. The van der Waals surface area contributed by atoms with Crippen molar-refractivity contribution in [3.05, 3.63) is 12.7 Å². The molecule has 0 bridgehead atoms. The van der Waals surface area contributed by atoms with Crippen LogP contribution in [0.1, 0.15) is 0 Å². The number of terminal acetylenes is 1. The van der Waals surface area contributed by atoms with Gasteiger partial charge in [-0.25, -0.2) is 0 Å². The first-order chi connectivity index (χ1) is 6.69. The van der Waals surface area contributed by atoms with E-state index in [0.29, 0.717) is 19.6 Å². The number of hydrogen-bond donors (Lipinski definition) is 0. The zero-order valence-corrected chi connectivity index (χ0v) is 7.90. The molecule has 4 nitrogen and oxygen atoms in total.